The summed E-state index contributed by atoms with van der Waals surface area (Å²) in [6, 6.07) is 17.3. The number of aryl methyl sites for hydroxylation is 1. The van der Waals surface area contributed by atoms with E-state index in [0.29, 0.717) is 52.5 Å². The average molecular weight is 627 g/mol. The van der Waals surface area contributed by atoms with Gasteiger partial charge < -0.3 is 14.2 Å². The number of hydrogen-bond acceptors (Lipinski definition) is 6. The molecule has 0 saturated carbocycles. The highest BCUT2D eigenvalue weighted by atomic mass is 35.5. The van der Waals surface area contributed by atoms with Gasteiger partial charge in [-0.2, -0.15) is 0 Å². The number of ether oxygens (including phenoxy) is 3. The molecule has 0 amide bonds. The summed E-state index contributed by atoms with van der Waals surface area (Å²) in [4.78, 5) is 23.7. The van der Waals surface area contributed by atoms with Crippen LogP contribution in [0.3, 0.4) is 0 Å². The van der Waals surface area contributed by atoms with Crippen LogP contribution in [0.15, 0.2) is 71.2 Å². The number of nitro groups is 1. The van der Waals surface area contributed by atoms with Crippen molar-refractivity contribution in [3.63, 3.8) is 0 Å². The second kappa shape index (κ2) is 15.7. The fourth-order valence-electron chi connectivity index (χ4n) is 3.77. The quantitative estimate of drug-likeness (QED) is 0.0727. The van der Waals surface area contributed by atoms with Gasteiger partial charge in [-0.15, -0.1) is 0 Å². The van der Waals surface area contributed by atoms with Crippen LogP contribution in [-0.2, 0) is 0 Å². The molecule has 0 aliphatic heterocycles. The van der Waals surface area contributed by atoms with Gasteiger partial charge in [0.1, 0.15) is 22.6 Å². The van der Waals surface area contributed by atoms with Crippen molar-refractivity contribution in [2.24, 2.45) is 0 Å². The molecule has 11 heteroatoms. The maximum absolute atomic E-state index is 12.9. The summed E-state index contributed by atoms with van der Waals surface area (Å²) in [7, 11) is 0. The standard InChI is InChI=1S/C29H27Cl4NO6/c1-19-3-5-20(6-4-19)22(18-34(36)37)15-27(35)21-7-9-23(10-8-21)38-12-2-13-40-29-25(30)16-24(17-26(29)31)39-14-11-28(32)33/h3-11,16-17,22H,2,12-15,18H2,1H3. The van der Waals surface area contributed by atoms with Crippen LogP contribution < -0.4 is 14.2 Å². The van der Waals surface area contributed by atoms with Crippen LogP contribution in [0.25, 0.3) is 0 Å². The van der Waals surface area contributed by atoms with Crippen molar-refractivity contribution in [2.45, 2.75) is 25.7 Å². The van der Waals surface area contributed by atoms with E-state index in [0.717, 1.165) is 11.1 Å². The number of carbonyl (C=O) groups excluding carboxylic acids is 1. The lowest BCUT2D eigenvalue weighted by Crippen LogP contribution is -2.16. The first-order valence-corrected chi connectivity index (χ1v) is 13.8. The van der Waals surface area contributed by atoms with Gasteiger partial charge in [-0.1, -0.05) is 76.2 Å². The van der Waals surface area contributed by atoms with Crippen LogP contribution in [0.5, 0.6) is 17.2 Å². The first-order chi connectivity index (χ1) is 19.1. The van der Waals surface area contributed by atoms with Gasteiger partial charge in [-0.05, 0) is 42.8 Å². The largest absolute Gasteiger partial charge is 0.493 e. The third-order valence-electron chi connectivity index (χ3n) is 5.79. The third-order valence-corrected chi connectivity index (χ3v) is 6.66. The van der Waals surface area contributed by atoms with Crippen LogP contribution in [0.2, 0.25) is 10.0 Å². The Morgan fingerprint density at radius 3 is 2.15 bits per heavy atom. The van der Waals surface area contributed by atoms with E-state index < -0.39 is 5.92 Å². The van der Waals surface area contributed by atoms with Gasteiger partial charge in [0.15, 0.2) is 11.5 Å². The molecule has 212 valence electrons. The van der Waals surface area contributed by atoms with Gasteiger partial charge in [0.25, 0.3) is 0 Å². The summed E-state index contributed by atoms with van der Waals surface area (Å²) < 4.78 is 17.0. The molecule has 0 aromatic heterocycles. The second-order valence-corrected chi connectivity index (χ2v) is 10.7. The molecule has 3 aromatic rings. The summed E-state index contributed by atoms with van der Waals surface area (Å²) in [6.07, 6.45) is 2.07. The van der Waals surface area contributed by atoms with E-state index in [4.69, 9.17) is 60.6 Å². The van der Waals surface area contributed by atoms with E-state index >= 15 is 0 Å². The Labute approximate surface area is 252 Å². The van der Waals surface area contributed by atoms with Crippen molar-refractivity contribution < 1.29 is 23.9 Å². The highest BCUT2D eigenvalue weighted by Gasteiger charge is 2.22. The Hall–Kier alpha value is -2.97. The highest BCUT2D eigenvalue weighted by Crippen LogP contribution is 2.37. The van der Waals surface area contributed by atoms with E-state index in [1.54, 1.807) is 36.4 Å². The minimum Gasteiger partial charge on any atom is -0.493 e. The Kier molecular flexibility index (Phi) is 12.4. The summed E-state index contributed by atoms with van der Waals surface area (Å²) in [5.41, 5.74) is 2.29. The molecule has 1 unspecified atom stereocenters. The number of carbonyl (C=O) groups is 1. The van der Waals surface area contributed by atoms with Crippen molar-refractivity contribution in [1.82, 2.24) is 0 Å². The number of benzene rings is 3. The zero-order valence-electron chi connectivity index (χ0n) is 21.6. The van der Waals surface area contributed by atoms with Crippen molar-refractivity contribution in [1.29, 1.82) is 0 Å². The van der Waals surface area contributed by atoms with E-state index in [1.165, 1.54) is 6.08 Å². The van der Waals surface area contributed by atoms with E-state index in [9.17, 15) is 14.9 Å². The van der Waals surface area contributed by atoms with E-state index in [-0.39, 0.29) is 34.8 Å². The Morgan fingerprint density at radius 1 is 0.925 bits per heavy atom. The number of nitrogens with zero attached hydrogens (tertiary/aromatic N) is 1. The van der Waals surface area contributed by atoms with Crippen LogP contribution in [-0.4, -0.2) is 37.1 Å². The molecular weight excluding hydrogens is 600 g/mol. The van der Waals surface area contributed by atoms with Gasteiger partial charge in [-0.3, -0.25) is 14.9 Å². The van der Waals surface area contributed by atoms with Crippen LogP contribution in [0.4, 0.5) is 0 Å². The van der Waals surface area contributed by atoms with E-state index in [2.05, 4.69) is 0 Å². The minimum absolute atomic E-state index is 0.0403. The monoisotopic (exact) mass is 625 g/mol. The Morgan fingerprint density at radius 2 is 1.55 bits per heavy atom. The number of hydrogen-bond donors (Lipinski definition) is 0. The molecule has 0 aliphatic carbocycles. The first kappa shape index (κ1) is 31.6. The second-order valence-electron chi connectivity index (χ2n) is 8.85. The molecule has 0 fully saturated rings. The molecule has 0 heterocycles. The normalized spacial score (nSPS) is 11.4. The third kappa shape index (κ3) is 10.2. The fourth-order valence-corrected chi connectivity index (χ4v) is 4.47. The van der Waals surface area contributed by atoms with Crippen LogP contribution >= 0.6 is 46.4 Å². The molecule has 0 saturated heterocycles. The fraction of sp³-hybridized carbons (Fsp3) is 0.276. The Bertz CT molecular complexity index is 1300. The van der Waals surface area contributed by atoms with Crippen LogP contribution in [0, 0.1) is 17.0 Å². The molecule has 0 bridgehead atoms. The molecule has 1 atom stereocenters. The molecule has 0 radical (unpaired) electrons. The minimum atomic E-state index is -0.503. The molecule has 0 N–H and O–H groups in total. The summed E-state index contributed by atoms with van der Waals surface area (Å²) in [5.74, 6) is 0.696. The number of halogens is 4. The molecule has 0 aliphatic rings. The number of rotatable bonds is 15. The Balaban J connectivity index is 1.46. The van der Waals surface area contributed by atoms with Crippen molar-refractivity contribution in [2.75, 3.05) is 26.4 Å². The van der Waals surface area contributed by atoms with Crippen LogP contribution in [0.1, 0.15) is 40.2 Å². The highest BCUT2D eigenvalue weighted by molar-refractivity contribution is 6.55. The van der Waals surface area contributed by atoms with Gasteiger partial charge in [0.05, 0.1) is 29.2 Å². The van der Waals surface area contributed by atoms with Crippen molar-refractivity contribution >= 4 is 52.2 Å². The molecule has 0 spiro atoms. The summed E-state index contributed by atoms with van der Waals surface area (Å²) in [5, 5.41) is 11.8. The maximum atomic E-state index is 12.9. The maximum Gasteiger partial charge on any atom is 0.211 e. The van der Waals surface area contributed by atoms with Crippen molar-refractivity contribution in [3.8, 4) is 17.2 Å². The average Bonchev–Trinajstić information content (AvgIpc) is 2.89. The zero-order chi connectivity index (χ0) is 29.1. The number of ketones is 1. The lowest BCUT2D eigenvalue weighted by molar-refractivity contribution is -0.483. The van der Waals surface area contributed by atoms with Gasteiger partial charge in [0.2, 0.25) is 6.54 Å². The lowest BCUT2D eigenvalue weighted by atomic mass is 9.91. The zero-order valence-corrected chi connectivity index (χ0v) is 24.6. The molecular formula is C29H27Cl4NO6. The van der Waals surface area contributed by atoms with Gasteiger partial charge >= 0.3 is 0 Å². The molecule has 3 rings (SSSR count). The molecule has 7 nitrogen and oxygen atoms in total. The van der Waals surface area contributed by atoms with Gasteiger partial charge in [-0.25, -0.2) is 0 Å². The molecule has 40 heavy (non-hydrogen) atoms. The summed E-state index contributed by atoms with van der Waals surface area (Å²) >= 11 is 23.7. The smallest absolute Gasteiger partial charge is 0.211 e. The predicted molar refractivity (Wildman–Crippen MR) is 159 cm³/mol. The SMILES string of the molecule is Cc1ccc(C(CC(=O)c2ccc(OCCCOc3c(Cl)cc(OCC=C(Cl)Cl)cc3Cl)cc2)C[N+](=O)[O-])cc1. The predicted octanol–water partition coefficient (Wildman–Crippen LogP) is 8.48. The van der Waals surface area contributed by atoms with Crippen molar-refractivity contribution in [3.05, 3.63) is 108 Å². The van der Waals surface area contributed by atoms with E-state index in [1.807, 2.05) is 31.2 Å². The molecule has 3 aromatic carbocycles. The number of Topliss-reactive ketones (excluding diaryl/α,β-unsaturated/α-hetero) is 1. The topological polar surface area (TPSA) is 87.9 Å². The summed E-state index contributed by atoms with van der Waals surface area (Å²) in [6.45, 7) is 2.45. The van der Waals surface area contributed by atoms with Gasteiger partial charge in [0, 0.05) is 35.5 Å². The lowest BCUT2D eigenvalue weighted by Gasteiger charge is -2.14. The first-order valence-electron chi connectivity index (χ1n) is 12.3.